The van der Waals surface area contributed by atoms with Gasteiger partial charge in [0.15, 0.2) is 0 Å². The van der Waals surface area contributed by atoms with Gasteiger partial charge in [0.05, 0.1) is 5.69 Å². The SMILES string of the molecule is Cn1cc2c(n1)C1CNC(C(=O)O)C1C2. The number of hydrogen-bond donors (Lipinski definition) is 2. The Morgan fingerprint density at radius 1 is 1.73 bits per heavy atom. The van der Waals surface area contributed by atoms with Crippen LogP contribution in [0.3, 0.4) is 0 Å². The average Bonchev–Trinajstić information content (AvgIpc) is 2.73. The average molecular weight is 207 g/mol. The first-order chi connectivity index (χ1) is 7.16. The van der Waals surface area contributed by atoms with Crippen LogP contribution in [0.5, 0.6) is 0 Å². The molecule has 1 fully saturated rings. The molecule has 3 unspecified atom stereocenters. The molecule has 0 bridgehead atoms. The van der Waals surface area contributed by atoms with E-state index in [1.807, 2.05) is 17.9 Å². The topological polar surface area (TPSA) is 67.2 Å². The summed E-state index contributed by atoms with van der Waals surface area (Å²) in [6, 6.07) is -0.394. The zero-order chi connectivity index (χ0) is 10.6. The van der Waals surface area contributed by atoms with Crippen molar-refractivity contribution in [1.82, 2.24) is 15.1 Å². The van der Waals surface area contributed by atoms with Gasteiger partial charge in [0.2, 0.25) is 0 Å². The number of carboxylic acids is 1. The Morgan fingerprint density at radius 3 is 3.27 bits per heavy atom. The van der Waals surface area contributed by atoms with E-state index in [1.165, 1.54) is 5.56 Å². The highest BCUT2D eigenvalue weighted by Gasteiger charge is 2.46. The van der Waals surface area contributed by atoms with Gasteiger partial charge in [-0.05, 0) is 17.9 Å². The number of carbonyl (C=O) groups is 1. The zero-order valence-corrected chi connectivity index (χ0v) is 8.47. The molecule has 5 nitrogen and oxygen atoms in total. The molecular formula is C10H13N3O2. The highest BCUT2D eigenvalue weighted by molar-refractivity contribution is 5.75. The number of nitrogens with zero attached hydrogens (tertiary/aromatic N) is 2. The van der Waals surface area contributed by atoms with Gasteiger partial charge in [-0.2, -0.15) is 5.10 Å². The molecule has 0 saturated carbocycles. The Kier molecular flexibility index (Phi) is 1.68. The molecular weight excluding hydrogens is 194 g/mol. The van der Waals surface area contributed by atoms with E-state index < -0.39 is 12.0 Å². The van der Waals surface area contributed by atoms with Crippen LogP contribution in [0.15, 0.2) is 6.20 Å². The van der Waals surface area contributed by atoms with Crippen molar-refractivity contribution in [1.29, 1.82) is 0 Å². The fourth-order valence-corrected chi connectivity index (χ4v) is 2.90. The first kappa shape index (κ1) is 8.91. The molecule has 5 heteroatoms. The molecule has 1 aliphatic carbocycles. The first-order valence-corrected chi connectivity index (χ1v) is 5.15. The summed E-state index contributed by atoms with van der Waals surface area (Å²) in [4.78, 5) is 11.0. The van der Waals surface area contributed by atoms with Crippen molar-refractivity contribution in [2.24, 2.45) is 13.0 Å². The van der Waals surface area contributed by atoms with Crippen LogP contribution in [0.1, 0.15) is 17.2 Å². The summed E-state index contributed by atoms with van der Waals surface area (Å²) in [7, 11) is 1.91. The third-order valence-corrected chi connectivity index (χ3v) is 3.51. The van der Waals surface area contributed by atoms with Gasteiger partial charge >= 0.3 is 5.97 Å². The van der Waals surface area contributed by atoms with Crippen LogP contribution in [0, 0.1) is 5.92 Å². The number of hydrogen-bond acceptors (Lipinski definition) is 3. The van der Waals surface area contributed by atoms with E-state index in [0.29, 0.717) is 5.92 Å². The number of carboxylic acid groups (broad SMARTS) is 1. The molecule has 2 aliphatic rings. The van der Waals surface area contributed by atoms with Crippen LogP contribution < -0.4 is 5.32 Å². The van der Waals surface area contributed by atoms with E-state index in [9.17, 15) is 4.79 Å². The lowest BCUT2D eigenvalue weighted by Gasteiger charge is -2.13. The van der Waals surface area contributed by atoms with Crippen molar-refractivity contribution >= 4 is 5.97 Å². The Balaban J connectivity index is 1.94. The quantitative estimate of drug-likeness (QED) is 0.665. The minimum absolute atomic E-state index is 0.196. The maximum atomic E-state index is 11.0. The van der Waals surface area contributed by atoms with Crippen molar-refractivity contribution in [2.45, 2.75) is 18.4 Å². The predicted octanol–water partition coefficient (Wildman–Crippen LogP) is -0.268. The van der Waals surface area contributed by atoms with Crippen LogP contribution in [-0.2, 0) is 18.3 Å². The van der Waals surface area contributed by atoms with Gasteiger partial charge in [-0.1, -0.05) is 0 Å². The van der Waals surface area contributed by atoms with Crippen molar-refractivity contribution in [3.05, 3.63) is 17.5 Å². The summed E-state index contributed by atoms with van der Waals surface area (Å²) in [6.07, 6.45) is 2.85. The summed E-state index contributed by atoms with van der Waals surface area (Å²) in [5, 5.41) is 16.5. The predicted molar refractivity (Wildman–Crippen MR) is 52.6 cm³/mol. The third-order valence-electron chi connectivity index (χ3n) is 3.51. The normalized spacial score (nSPS) is 32.7. The first-order valence-electron chi connectivity index (χ1n) is 5.15. The number of aromatic nitrogens is 2. The molecule has 2 N–H and O–H groups in total. The lowest BCUT2D eigenvalue weighted by molar-refractivity contribution is -0.140. The van der Waals surface area contributed by atoms with E-state index in [2.05, 4.69) is 10.4 Å². The molecule has 0 radical (unpaired) electrons. The molecule has 0 amide bonds. The Labute approximate surface area is 87.1 Å². The molecule has 80 valence electrons. The molecule has 3 rings (SSSR count). The second-order valence-corrected chi connectivity index (χ2v) is 4.41. The molecule has 1 aromatic rings. The summed E-state index contributed by atoms with van der Waals surface area (Å²) >= 11 is 0. The van der Waals surface area contributed by atoms with Gasteiger partial charge in [-0.25, -0.2) is 0 Å². The number of nitrogens with one attached hydrogen (secondary N) is 1. The minimum Gasteiger partial charge on any atom is -0.480 e. The summed E-state index contributed by atoms with van der Waals surface area (Å²) in [5.41, 5.74) is 2.32. The smallest absolute Gasteiger partial charge is 0.321 e. The second kappa shape index (κ2) is 2.82. The van der Waals surface area contributed by atoms with Gasteiger partial charge in [0.1, 0.15) is 6.04 Å². The molecule has 1 aromatic heterocycles. The largest absolute Gasteiger partial charge is 0.480 e. The van der Waals surface area contributed by atoms with Crippen molar-refractivity contribution in [2.75, 3.05) is 6.54 Å². The summed E-state index contributed by atoms with van der Waals surface area (Å²) < 4.78 is 1.81. The van der Waals surface area contributed by atoms with Gasteiger partial charge < -0.3 is 10.4 Å². The maximum absolute atomic E-state index is 11.0. The third kappa shape index (κ3) is 1.13. The highest BCUT2D eigenvalue weighted by Crippen LogP contribution is 2.41. The van der Waals surface area contributed by atoms with E-state index >= 15 is 0 Å². The number of rotatable bonds is 1. The van der Waals surface area contributed by atoms with Gasteiger partial charge in [-0.15, -0.1) is 0 Å². The molecule has 15 heavy (non-hydrogen) atoms. The van der Waals surface area contributed by atoms with Crippen molar-refractivity contribution in [3.8, 4) is 0 Å². The van der Waals surface area contributed by atoms with Crippen molar-refractivity contribution in [3.63, 3.8) is 0 Å². The number of aliphatic carboxylic acids is 1. The standard InChI is InChI=1S/C10H13N3O2/c1-13-4-5-2-6-7(8(5)12-13)3-11-9(6)10(14)15/h4,6-7,9,11H,2-3H2,1H3,(H,14,15). The summed E-state index contributed by atoms with van der Waals surface area (Å²) in [5.74, 6) is -0.250. The monoisotopic (exact) mass is 207 g/mol. The zero-order valence-electron chi connectivity index (χ0n) is 8.47. The fraction of sp³-hybridized carbons (Fsp3) is 0.600. The van der Waals surface area contributed by atoms with Gasteiger partial charge in [0.25, 0.3) is 0 Å². The highest BCUT2D eigenvalue weighted by atomic mass is 16.4. The lowest BCUT2D eigenvalue weighted by Crippen LogP contribution is -2.35. The van der Waals surface area contributed by atoms with Crippen molar-refractivity contribution < 1.29 is 9.90 Å². The van der Waals surface area contributed by atoms with E-state index in [-0.39, 0.29) is 5.92 Å². The molecule has 0 spiro atoms. The second-order valence-electron chi connectivity index (χ2n) is 4.41. The molecule has 3 atom stereocenters. The lowest BCUT2D eigenvalue weighted by atomic mass is 9.93. The Hall–Kier alpha value is -1.36. The maximum Gasteiger partial charge on any atom is 0.321 e. The van der Waals surface area contributed by atoms with Crippen LogP contribution >= 0.6 is 0 Å². The van der Waals surface area contributed by atoms with Gasteiger partial charge in [-0.3, -0.25) is 9.48 Å². The Morgan fingerprint density at radius 2 is 2.53 bits per heavy atom. The van der Waals surface area contributed by atoms with Crippen LogP contribution in [0.25, 0.3) is 0 Å². The fourth-order valence-electron chi connectivity index (χ4n) is 2.90. The minimum atomic E-state index is -0.739. The van der Waals surface area contributed by atoms with Crippen LogP contribution in [-0.4, -0.2) is 33.4 Å². The van der Waals surface area contributed by atoms with E-state index in [4.69, 9.17) is 5.11 Å². The summed E-state index contributed by atoms with van der Waals surface area (Å²) in [6.45, 7) is 0.742. The van der Waals surface area contributed by atoms with E-state index in [1.54, 1.807) is 0 Å². The number of aryl methyl sites for hydroxylation is 1. The molecule has 1 saturated heterocycles. The molecule has 1 aliphatic heterocycles. The van der Waals surface area contributed by atoms with Crippen LogP contribution in [0.2, 0.25) is 0 Å². The van der Waals surface area contributed by atoms with Gasteiger partial charge in [0, 0.05) is 25.7 Å². The Bertz CT molecular complexity index is 426. The molecule has 0 aromatic carbocycles. The molecule has 2 heterocycles. The number of fused-ring (bicyclic) bond motifs is 3. The van der Waals surface area contributed by atoms with E-state index in [0.717, 1.165) is 18.7 Å². The van der Waals surface area contributed by atoms with Crippen LogP contribution in [0.4, 0.5) is 0 Å².